The maximum Gasteiger partial charge on any atom is 0.324 e. The summed E-state index contributed by atoms with van der Waals surface area (Å²) in [6.45, 7) is 4.68. The van der Waals surface area contributed by atoms with E-state index in [0.717, 1.165) is 65.9 Å². The predicted molar refractivity (Wildman–Crippen MR) is 119 cm³/mol. The highest BCUT2D eigenvalue weighted by molar-refractivity contribution is 5.88. The van der Waals surface area contributed by atoms with E-state index in [9.17, 15) is 4.39 Å². The van der Waals surface area contributed by atoms with Gasteiger partial charge in [0.1, 0.15) is 17.5 Å². The van der Waals surface area contributed by atoms with Gasteiger partial charge < -0.3 is 20.3 Å². The lowest BCUT2D eigenvalue weighted by atomic mass is 9.85. The van der Waals surface area contributed by atoms with Gasteiger partial charge in [-0.05, 0) is 49.1 Å². The van der Waals surface area contributed by atoms with Gasteiger partial charge in [0.2, 0.25) is 0 Å². The molecule has 3 aromatic rings. The van der Waals surface area contributed by atoms with Crippen molar-refractivity contribution in [1.82, 2.24) is 25.3 Å². The average molecular weight is 433 g/mol. The largest absolute Gasteiger partial charge is 0.421 e. The number of piperidine rings is 1. The maximum absolute atomic E-state index is 14.5. The van der Waals surface area contributed by atoms with Crippen molar-refractivity contribution in [2.75, 3.05) is 36.9 Å². The summed E-state index contributed by atoms with van der Waals surface area (Å²) in [5.41, 5.74) is 4.41. The van der Waals surface area contributed by atoms with E-state index in [2.05, 4.69) is 25.5 Å². The topological polar surface area (TPSA) is 88.1 Å². The van der Waals surface area contributed by atoms with E-state index >= 15 is 0 Å². The van der Waals surface area contributed by atoms with E-state index in [1.807, 2.05) is 14.0 Å². The fourth-order valence-electron chi connectivity index (χ4n) is 4.94. The van der Waals surface area contributed by atoms with Gasteiger partial charge in [-0.1, -0.05) is 0 Å². The van der Waals surface area contributed by atoms with Gasteiger partial charge in [-0.15, -0.1) is 0 Å². The Labute approximate surface area is 185 Å². The van der Waals surface area contributed by atoms with E-state index in [-0.39, 0.29) is 11.8 Å². The van der Waals surface area contributed by atoms with Gasteiger partial charge in [-0.3, -0.25) is 0 Å². The molecule has 1 aromatic carbocycles. The number of hydrogen-bond donors (Lipinski definition) is 2. The molecule has 0 spiro atoms. The lowest BCUT2D eigenvalue weighted by Crippen LogP contribution is -2.62. The number of anilines is 2. The highest BCUT2D eigenvalue weighted by Crippen LogP contribution is 2.46. The minimum atomic E-state index is -0.275. The summed E-state index contributed by atoms with van der Waals surface area (Å²) in [6.07, 6.45) is 4.93. The Morgan fingerprint density at radius 3 is 2.78 bits per heavy atom. The van der Waals surface area contributed by atoms with Crippen molar-refractivity contribution < 1.29 is 9.13 Å². The average Bonchev–Trinajstić information content (AvgIpc) is 3.13. The van der Waals surface area contributed by atoms with E-state index in [4.69, 9.17) is 14.7 Å². The Bertz CT molecular complexity index is 1200. The highest BCUT2D eigenvalue weighted by atomic mass is 19.1. The first-order chi connectivity index (χ1) is 15.6. The molecular formula is C23H24FN7O. The minimum Gasteiger partial charge on any atom is -0.421 e. The zero-order chi connectivity index (χ0) is 21.8. The SMILES string of the molecule is CNc1cc(F)cc2c1Cc1nc(Oc3cnc(C)nc3)nc(N3CCC4CNC4C3)c1-2. The number of halogens is 1. The normalized spacial score (nSPS) is 20.8. The zero-order valence-electron chi connectivity index (χ0n) is 18.0. The fraction of sp³-hybridized carbons (Fsp3) is 0.391. The molecule has 9 heteroatoms. The summed E-state index contributed by atoms with van der Waals surface area (Å²) in [4.78, 5) is 20.2. The second-order valence-corrected chi connectivity index (χ2v) is 8.64. The van der Waals surface area contributed by atoms with Crippen molar-refractivity contribution in [2.45, 2.75) is 25.8 Å². The van der Waals surface area contributed by atoms with Crippen LogP contribution in [0.4, 0.5) is 15.9 Å². The standard InChI is InChI=1S/C23H24FN7O/c1-12-26-9-15(10-27-12)32-23-29-19-7-16-17(5-14(24)6-18(16)25-2)21(19)22(30-23)31-4-3-13-8-28-20(13)11-31/h5-6,9-10,13,20,25,28H,3-4,7-8,11H2,1-2H3. The Morgan fingerprint density at radius 2 is 2.06 bits per heavy atom. The van der Waals surface area contributed by atoms with Gasteiger partial charge in [0.15, 0.2) is 5.75 Å². The molecule has 0 saturated carbocycles. The third kappa shape index (κ3) is 3.15. The summed E-state index contributed by atoms with van der Waals surface area (Å²) in [5.74, 6) is 2.40. The summed E-state index contributed by atoms with van der Waals surface area (Å²) in [7, 11) is 1.81. The second kappa shape index (κ2) is 7.37. The molecule has 2 aliphatic heterocycles. The number of ether oxygens (including phenoxy) is 1. The molecule has 0 bridgehead atoms. The Hall–Kier alpha value is -3.33. The van der Waals surface area contributed by atoms with Crippen molar-refractivity contribution in [3.05, 3.63) is 47.4 Å². The number of nitrogens with zero attached hydrogens (tertiary/aromatic N) is 5. The monoisotopic (exact) mass is 433 g/mol. The number of nitrogens with one attached hydrogen (secondary N) is 2. The summed E-state index contributed by atoms with van der Waals surface area (Å²) >= 11 is 0. The Morgan fingerprint density at radius 1 is 1.22 bits per heavy atom. The van der Waals surface area contributed by atoms with Gasteiger partial charge in [-0.2, -0.15) is 9.97 Å². The van der Waals surface area contributed by atoms with Crippen molar-refractivity contribution in [2.24, 2.45) is 5.92 Å². The number of benzene rings is 1. The molecule has 2 unspecified atom stereocenters. The van der Waals surface area contributed by atoms with Crippen LogP contribution in [0.3, 0.4) is 0 Å². The molecule has 2 saturated heterocycles. The lowest BCUT2D eigenvalue weighted by molar-refractivity contribution is 0.196. The maximum atomic E-state index is 14.5. The van der Waals surface area contributed by atoms with Crippen LogP contribution in [0.5, 0.6) is 11.8 Å². The molecule has 2 aromatic heterocycles. The number of fused-ring (bicyclic) bond motifs is 4. The van der Waals surface area contributed by atoms with E-state index in [1.165, 1.54) is 6.07 Å². The van der Waals surface area contributed by atoms with Crippen LogP contribution in [0.25, 0.3) is 11.1 Å². The van der Waals surface area contributed by atoms with Crippen LogP contribution in [-0.4, -0.2) is 52.7 Å². The molecule has 0 amide bonds. The van der Waals surface area contributed by atoms with Crippen LogP contribution < -0.4 is 20.3 Å². The second-order valence-electron chi connectivity index (χ2n) is 8.64. The molecule has 2 atom stereocenters. The third-order valence-corrected chi connectivity index (χ3v) is 6.71. The van der Waals surface area contributed by atoms with Gasteiger partial charge in [-0.25, -0.2) is 14.4 Å². The Kier molecular flexibility index (Phi) is 4.46. The van der Waals surface area contributed by atoms with Crippen LogP contribution in [0.15, 0.2) is 24.5 Å². The van der Waals surface area contributed by atoms with Crippen LogP contribution in [0.2, 0.25) is 0 Å². The summed E-state index contributed by atoms with van der Waals surface area (Å²) < 4.78 is 20.4. The van der Waals surface area contributed by atoms with Crippen LogP contribution >= 0.6 is 0 Å². The molecule has 2 fully saturated rings. The first kappa shape index (κ1) is 19.4. The molecule has 4 heterocycles. The van der Waals surface area contributed by atoms with Gasteiger partial charge in [0.05, 0.1) is 18.1 Å². The van der Waals surface area contributed by atoms with E-state index in [1.54, 1.807) is 18.5 Å². The van der Waals surface area contributed by atoms with Gasteiger partial charge in [0.25, 0.3) is 0 Å². The number of aromatic nitrogens is 4. The van der Waals surface area contributed by atoms with Crippen molar-refractivity contribution in [3.8, 4) is 22.9 Å². The molecule has 1 aliphatic carbocycles. The van der Waals surface area contributed by atoms with Crippen molar-refractivity contribution >= 4 is 11.5 Å². The quantitative estimate of drug-likeness (QED) is 0.508. The smallest absolute Gasteiger partial charge is 0.324 e. The molecule has 3 aliphatic rings. The fourth-order valence-corrected chi connectivity index (χ4v) is 4.94. The van der Waals surface area contributed by atoms with Crippen LogP contribution in [0, 0.1) is 18.7 Å². The number of rotatable bonds is 4. The molecular weight excluding hydrogens is 409 g/mol. The van der Waals surface area contributed by atoms with E-state index in [0.29, 0.717) is 24.0 Å². The van der Waals surface area contributed by atoms with Gasteiger partial charge >= 0.3 is 6.01 Å². The molecule has 164 valence electrons. The zero-order valence-corrected chi connectivity index (χ0v) is 18.0. The van der Waals surface area contributed by atoms with Crippen molar-refractivity contribution in [1.29, 1.82) is 0 Å². The summed E-state index contributed by atoms with van der Waals surface area (Å²) in [5, 5.41) is 6.64. The minimum absolute atomic E-state index is 0.259. The number of hydrogen-bond acceptors (Lipinski definition) is 8. The molecule has 32 heavy (non-hydrogen) atoms. The first-order valence-corrected chi connectivity index (χ1v) is 11.0. The number of aryl methyl sites for hydroxylation is 1. The lowest BCUT2D eigenvalue weighted by Gasteiger charge is -2.46. The molecule has 2 N–H and O–H groups in total. The van der Waals surface area contributed by atoms with Gasteiger partial charge in [0, 0.05) is 43.9 Å². The van der Waals surface area contributed by atoms with Crippen LogP contribution in [0.1, 0.15) is 23.5 Å². The van der Waals surface area contributed by atoms with Crippen molar-refractivity contribution in [3.63, 3.8) is 0 Å². The van der Waals surface area contributed by atoms with E-state index < -0.39 is 0 Å². The first-order valence-electron chi connectivity index (χ1n) is 11.0. The van der Waals surface area contributed by atoms with Crippen LogP contribution in [-0.2, 0) is 6.42 Å². The highest BCUT2D eigenvalue weighted by Gasteiger charge is 2.38. The molecule has 6 rings (SSSR count). The molecule has 0 radical (unpaired) electrons. The summed E-state index contributed by atoms with van der Waals surface area (Å²) in [6, 6.07) is 3.85. The molecule has 8 nitrogen and oxygen atoms in total. The predicted octanol–water partition coefficient (Wildman–Crippen LogP) is 2.92. The third-order valence-electron chi connectivity index (χ3n) is 6.71. The Balaban J connectivity index is 1.45.